The molecule has 1 aromatic heterocycles. The van der Waals surface area contributed by atoms with Gasteiger partial charge < -0.3 is 20.6 Å². The Morgan fingerprint density at radius 3 is 2.84 bits per heavy atom. The van der Waals surface area contributed by atoms with Gasteiger partial charge in [0.1, 0.15) is 11.5 Å². The summed E-state index contributed by atoms with van der Waals surface area (Å²) in [6, 6.07) is 5.31. The third kappa shape index (κ3) is 4.24. The maximum atomic E-state index is 12.0. The number of carbonyl (C=O) groups is 1. The quantitative estimate of drug-likeness (QED) is 0.416. The summed E-state index contributed by atoms with van der Waals surface area (Å²) < 4.78 is 11.9. The van der Waals surface area contributed by atoms with E-state index in [0.717, 1.165) is 0 Å². The van der Waals surface area contributed by atoms with E-state index in [-0.39, 0.29) is 11.2 Å². The van der Waals surface area contributed by atoms with Crippen LogP contribution in [0.1, 0.15) is 6.92 Å². The minimum atomic E-state index is -0.378. The first-order valence-corrected chi connectivity index (χ1v) is 8.38. The summed E-state index contributed by atoms with van der Waals surface area (Å²) in [5.74, 6) is 7.64. The molecule has 0 saturated heterocycles. The largest absolute Gasteiger partial charge is 0.497 e. The summed E-state index contributed by atoms with van der Waals surface area (Å²) in [5, 5.41) is 11.0. The summed E-state index contributed by atoms with van der Waals surface area (Å²) in [6.45, 7) is 5.75. The SMILES string of the molecule is C=CCNC(=O)[C@@H](C)Sc1nnc(-c2ccc(OC)cc2OC)n1N. The van der Waals surface area contributed by atoms with Crippen LogP contribution in [0.5, 0.6) is 11.5 Å². The average Bonchev–Trinajstić information content (AvgIpc) is 2.99. The third-order valence-electron chi connectivity index (χ3n) is 3.39. The Morgan fingerprint density at radius 1 is 1.44 bits per heavy atom. The zero-order chi connectivity index (χ0) is 18.4. The molecule has 0 radical (unpaired) electrons. The van der Waals surface area contributed by atoms with E-state index in [1.807, 2.05) is 0 Å². The van der Waals surface area contributed by atoms with E-state index >= 15 is 0 Å². The zero-order valence-electron chi connectivity index (χ0n) is 14.4. The molecule has 2 aromatic rings. The number of nitrogen functional groups attached to an aromatic ring is 1. The molecule has 9 heteroatoms. The fourth-order valence-electron chi connectivity index (χ4n) is 2.05. The van der Waals surface area contributed by atoms with Gasteiger partial charge in [-0.25, -0.2) is 4.68 Å². The Hall–Kier alpha value is -2.68. The normalized spacial score (nSPS) is 11.6. The number of amides is 1. The summed E-state index contributed by atoms with van der Waals surface area (Å²) in [4.78, 5) is 12.0. The van der Waals surface area contributed by atoms with Crippen molar-refractivity contribution in [2.75, 3.05) is 26.6 Å². The second-order valence-corrected chi connectivity index (χ2v) is 6.34. The van der Waals surface area contributed by atoms with Crippen LogP contribution in [0, 0.1) is 0 Å². The van der Waals surface area contributed by atoms with Crippen molar-refractivity contribution in [3.63, 3.8) is 0 Å². The maximum Gasteiger partial charge on any atom is 0.233 e. The molecule has 134 valence electrons. The van der Waals surface area contributed by atoms with Gasteiger partial charge in [0, 0.05) is 12.6 Å². The number of aromatic nitrogens is 3. The van der Waals surface area contributed by atoms with E-state index in [4.69, 9.17) is 15.3 Å². The predicted molar refractivity (Wildman–Crippen MR) is 97.2 cm³/mol. The molecule has 3 N–H and O–H groups in total. The molecule has 8 nitrogen and oxygen atoms in total. The second kappa shape index (κ2) is 8.43. The number of carbonyl (C=O) groups excluding carboxylic acids is 1. The van der Waals surface area contributed by atoms with Gasteiger partial charge in [0.05, 0.1) is 25.0 Å². The average molecular weight is 363 g/mol. The molecule has 0 spiro atoms. The zero-order valence-corrected chi connectivity index (χ0v) is 15.2. The van der Waals surface area contributed by atoms with Gasteiger partial charge in [-0.2, -0.15) is 0 Å². The fourth-order valence-corrected chi connectivity index (χ4v) is 2.85. The van der Waals surface area contributed by atoms with Crippen molar-refractivity contribution < 1.29 is 14.3 Å². The molecule has 0 aliphatic heterocycles. The lowest BCUT2D eigenvalue weighted by atomic mass is 10.2. The van der Waals surface area contributed by atoms with Crippen LogP contribution in [0.15, 0.2) is 36.0 Å². The summed E-state index contributed by atoms with van der Waals surface area (Å²) in [7, 11) is 3.13. The van der Waals surface area contributed by atoms with E-state index in [1.54, 1.807) is 45.4 Å². The first-order valence-electron chi connectivity index (χ1n) is 7.50. The molecule has 1 atom stereocenters. The molecule has 1 amide bonds. The van der Waals surface area contributed by atoms with Crippen LogP contribution in [-0.4, -0.2) is 46.8 Å². The van der Waals surface area contributed by atoms with Gasteiger partial charge in [-0.05, 0) is 19.1 Å². The number of nitrogens with two attached hydrogens (primary N) is 1. The molecule has 2 rings (SSSR count). The van der Waals surface area contributed by atoms with E-state index in [9.17, 15) is 4.79 Å². The van der Waals surface area contributed by atoms with Gasteiger partial charge in [-0.15, -0.1) is 16.8 Å². The molecule has 0 aliphatic rings. The van der Waals surface area contributed by atoms with Crippen molar-refractivity contribution in [3.8, 4) is 22.9 Å². The van der Waals surface area contributed by atoms with Gasteiger partial charge in [-0.1, -0.05) is 17.8 Å². The van der Waals surface area contributed by atoms with Crippen LogP contribution >= 0.6 is 11.8 Å². The highest BCUT2D eigenvalue weighted by atomic mass is 32.2. The standard InChI is InChI=1S/C16H21N5O3S/c1-5-8-18-15(22)10(2)25-16-20-19-14(21(16)17)12-7-6-11(23-3)9-13(12)24-4/h5-7,9-10H,1,8,17H2,2-4H3,(H,18,22)/t10-/m1/s1. The first-order chi connectivity index (χ1) is 12.0. The molecule has 0 fully saturated rings. The molecular formula is C16H21N5O3S. The molecule has 0 saturated carbocycles. The number of rotatable bonds is 8. The van der Waals surface area contributed by atoms with Crippen molar-refractivity contribution in [1.29, 1.82) is 0 Å². The van der Waals surface area contributed by atoms with Gasteiger partial charge in [0.25, 0.3) is 0 Å². The molecule has 0 bridgehead atoms. The number of nitrogens with zero attached hydrogens (tertiary/aromatic N) is 3. The minimum Gasteiger partial charge on any atom is -0.497 e. The van der Waals surface area contributed by atoms with E-state index in [2.05, 4.69) is 22.1 Å². The maximum absolute atomic E-state index is 12.0. The van der Waals surface area contributed by atoms with Crippen molar-refractivity contribution in [2.24, 2.45) is 0 Å². The monoisotopic (exact) mass is 363 g/mol. The fraction of sp³-hybridized carbons (Fsp3) is 0.312. The van der Waals surface area contributed by atoms with Gasteiger partial charge in [0.2, 0.25) is 11.1 Å². The van der Waals surface area contributed by atoms with Crippen molar-refractivity contribution in [2.45, 2.75) is 17.3 Å². The number of hydrogen-bond donors (Lipinski definition) is 2. The Bertz CT molecular complexity index is 762. The highest BCUT2D eigenvalue weighted by Gasteiger charge is 2.21. The number of methoxy groups -OCH3 is 2. The summed E-state index contributed by atoms with van der Waals surface area (Å²) >= 11 is 1.22. The number of thioether (sulfide) groups is 1. The molecular weight excluding hydrogens is 342 g/mol. The Labute approximate surface area is 150 Å². The predicted octanol–water partition coefficient (Wildman–Crippen LogP) is 1.46. The Balaban J connectivity index is 2.24. The van der Waals surface area contributed by atoms with E-state index in [0.29, 0.717) is 34.6 Å². The highest BCUT2D eigenvalue weighted by molar-refractivity contribution is 8.00. The van der Waals surface area contributed by atoms with E-state index < -0.39 is 0 Å². The molecule has 1 aromatic carbocycles. The summed E-state index contributed by atoms with van der Waals surface area (Å²) in [6.07, 6.45) is 1.62. The minimum absolute atomic E-state index is 0.128. The second-order valence-electron chi connectivity index (χ2n) is 5.04. The Kier molecular flexibility index (Phi) is 6.29. The van der Waals surface area contributed by atoms with Crippen molar-refractivity contribution in [3.05, 3.63) is 30.9 Å². The van der Waals surface area contributed by atoms with Crippen LogP contribution in [0.3, 0.4) is 0 Å². The number of ether oxygens (including phenoxy) is 2. The van der Waals surface area contributed by atoms with Crippen molar-refractivity contribution >= 4 is 17.7 Å². The highest BCUT2D eigenvalue weighted by Crippen LogP contribution is 2.33. The molecule has 25 heavy (non-hydrogen) atoms. The smallest absolute Gasteiger partial charge is 0.233 e. The number of hydrogen-bond acceptors (Lipinski definition) is 7. The van der Waals surface area contributed by atoms with Crippen LogP contribution in [0.25, 0.3) is 11.4 Å². The van der Waals surface area contributed by atoms with Gasteiger partial charge in [0.15, 0.2) is 5.82 Å². The van der Waals surface area contributed by atoms with Crippen LogP contribution in [0.4, 0.5) is 0 Å². The first kappa shape index (κ1) is 18.7. The topological polar surface area (TPSA) is 104 Å². The lowest BCUT2D eigenvalue weighted by Crippen LogP contribution is -2.31. The Morgan fingerprint density at radius 2 is 2.20 bits per heavy atom. The molecule has 0 aliphatic carbocycles. The van der Waals surface area contributed by atoms with Crippen LogP contribution in [0.2, 0.25) is 0 Å². The van der Waals surface area contributed by atoms with Crippen LogP contribution in [-0.2, 0) is 4.79 Å². The van der Waals surface area contributed by atoms with Gasteiger partial charge >= 0.3 is 0 Å². The molecule has 0 unspecified atom stereocenters. The lowest BCUT2D eigenvalue weighted by Gasteiger charge is -2.11. The molecule has 1 heterocycles. The third-order valence-corrected chi connectivity index (χ3v) is 4.44. The van der Waals surface area contributed by atoms with Crippen LogP contribution < -0.4 is 20.6 Å². The van der Waals surface area contributed by atoms with Gasteiger partial charge in [-0.3, -0.25) is 4.79 Å². The van der Waals surface area contributed by atoms with Crippen molar-refractivity contribution in [1.82, 2.24) is 20.2 Å². The number of benzene rings is 1. The number of nitrogens with one attached hydrogen (secondary N) is 1. The van der Waals surface area contributed by atoms with E-state index in [1.165, 1.54) is 16.4 Å². The lowest BCUT2D eigenvalue weighted by molar-refractivity contribution is -0.120. The summed E-state index contributed by atoms with van der Waals surface area (Å²) in [5.41, 5.74) is 0.675.